The summed E-state index contributed by atoms with van der Waals surface area (Å²) in [7, 11) is -5.13. The lowest BCUT2D eigenvalue weighted by atomic mass is 9.85. The maximum Gasteiger partial charge on any atom is 0.472 e. The summed E-state index contributed by atoms with van der Waals surface area (Å²) in [6.07, 6.45) is 39.0. The molecule has 0 aromatic carbocycles. The van der Waals surface area contributed by atoms with Crippen molar-refractivity contribution in [2.75, 3.05) is 13.2 Å². The molecule has 0 amide bonds. The number of aliphatic hydroxyl groups is 5. The lowest BCUT2D eigenvalue weighted by Crippen LogP contribution is -2.64. The highest BCUT2D eigenvalue weighted by Gasteiger charge is 2.51. The summed E-state index contributed by atoms with van der Waals surface area (Å²) in [6.45, 7) is 3.32. The topological polar surface area (TPSA) is 210 Å². The van der Waals surface area contributed by atoms with Crippen LogP contribution in [-0.4, -0.2) is 98.3 Å². The van der Waals surface area contributed by atoms with Crippen LogP contribution in [-0.2, 0) is 32.7 Å². The molecule has 0 radical (unpaired) electrons. The number of esters is 2. The summed E-state index contributed by atoms with van der Waals surface area (Å²) >= 11 is 0. The Kier molecular flexibility index (Phi) is 41.3. The van der Waals surface area contributed by atoms with Gasteiger partial charge in [0.2, 0.25) is 0 Å². The lowest BCUT2D eigenvalue weighted by molar-refractivity contribution is -0.220. The van der Waals surface area contributed by atoms with Crippen LogP contribution in [0.3, 0.4) is 0 Å². The van der Waals surface area contributed by atoms with Gasteiger partial charge in [0.15, 0.2) is 6.10 Å². The maximum absolute atomic E-state index is 12.9. The zero-order valence-electron chi connectivity index (χ0n) is 42.7. The van der Waals surface area contributed by atoms with Crippen LogP contribution < -0.4 is 0 Å². The van der Waals surface area contributed by atoms with Crippen LogP contribution in [0.25, 0.3) is 0 Å². The number of carbonyl (C=O) groups is 2. The molecule has 0 aromatic heterocycles. The highest BCUT2D eigenvalue weighted by Crippen LogP contribution is 2.47. The molecule has 1 fully saturated rings. The average Bonchev–Trinajstić information content (AvgIpc) is 3.32. The fraction of sp³-hybridized carbons (Fsp3) is 0.852. The molecule has 0 saturated heterocycles. The SMILES string of the molecule is CCCCCCC/C=C\C/C=C\CCCCCCCCCCCC(=O)OC(COC(=O)CCCCCCCCC/C=C\CCCCCCCCC)COP(=O)(O)OC1C(O)C(O)C(O)C(O)C1O. The van der Waals surface area contributed by atoms with Crippen molar-refractivity contribution >= 4 is 19.8 Å². The molecule has 6 N–H and O–H groups in total. The molecular formula is C54H99O13P. The van der Waals surface area contributed by atoms with Crippen molar-refractivity contribution in [1.82, 2.24) is 0 Å². The van der Waals surface area contributed by atoms with E-state index in [2.05, 4.69) is 50.3 Å². The van der Waals surface area contributed by atoms with E-state index in [-0.39, 0.29) is 12.8 Å². The van der Waals surface area contributed by atoms with Crippen LogP contribution in [0.15, 0.2) is 36.5 Å². The molecule has 68 heavy (non-hydrogen) atoms. The van der Waals surface area contributed by atoms with Gasteiger partial charge in [-0.15, -0.1) is 0 Å². The third-order valence-electron chi connectivity index (χ3n) is 12.7. The Balaban J connectivity index is 2.37. The van der Waals surface area contributed by atoms with Gasteiger partial charge in [0.25, 0.3) is 0 Å². The Morgan fingerprint density at radius 1 is 0.456 bits per heavy atom. The molecule has 398 valence electrons. The third-order valence-corrected chi connectivity index (χ3v) is 13.7. The number of carbonyl (C=O) groups excluding carboxylic acids is 2. The Bertz CT molecular complexity index is 1330. The fourth-order valence-electron chi connectivity index (χ4n) is 8.31. The molecule has 0 spiro atoms. The van der Waals surface area contributed by atoms with Gasteiger partial charge < -0.3 is 39.9 Å². The summed E-state index contributed by atoms with van der Waals surface area (Å²) in [5.74, 6) is -1.10. The second kappa shape index (κ2) is 43.8. The van der Waals surface area contributed by atoms with Crippen LogP contribution in [0.2, 0.25) is 0 Å². The molecule has 0 heterocycles. The number of phosphoric acid groups is 1. The molecule has 1 aliphatic carbocycles. The number of allylic oxidation sites excluding steroid dienone is 6. The molecule has 0 aromatic rings. The highest BCUT2D eigenvalue weighted by molar-refractivity contribution is 7.47. The summed E-state index contributed by atoms with van der Waals surface area (Å²) < 4.78 is 33.7. The van der Waals surface area contributed by atoms with E-state index in [4.69, 9.17) is 18.5 Å². The molecule has 0 bridgehead atoms. The van der Waals surface area contributed by atoms with Gasteiger partial charge >= 0.3 is 19.8 Å². The molecule has 0 aliphatic heterocycles. The molecule has 1 rings (SSSR count). The third kappa shape index (κ3) is 35.2. The molecule has 1 saturated carbocycles. The Labute approximate surface area is 412 Å². The Morgan fingerprint density at radius 3 is 1.21 bits per heavy atom. The van der Waals surface area contributed by atoms with Gasteiger partial charge in [0.1, 0.15) is 43.2 Å². The molecule has 13 nitrogen and oxygen atoms in total. The second-order valence-electron chi connectivity index (χ2n) is 19.1. The van der Waals surface area contributed by atoms with Gasteiger partial charge in [-0.25, -0.2) is 4.57 Å². The maximum atomic E-state index is 12.9. The predicted molar refractivity (Wildman–Crippen MR) is 272 cm³/mol. The van der Waals surface area contributed by atoms with E-state index in [0.29, 0.717) is 12.8 Å². The van der Waals surface area contributed by atoms with Crippen molar-refractivity contribution in [3.8, 4) is 0 Å². The number of ether oxygens (including phenoxy) is 2. The zero-order valence-corrected chi connectivity index (χ0v) is 43.6. The normalized spacial score (nSPS) is 21.2. The largest absolute Gasteiger partial charge is 0.472 e. The van der Waals surface area contributed by atoms with Crippen LogP contribution >= 0.6 is 7.82 Å². The number of aliphatic hydroxyl groups excluding tert-OH is 5. The van der Waals surface area contributed by atoms with E-state index in [1.54, 1.807) is 0 Å². The summed E-state index contributed by atoms with van der Waals surface area (Å²) in [5, 5.41) is 50.3. The minimum absolute atomic E-state index is 0.0919. The van der Waals surface area contributed by atoms with E-state index < -0.39 is 75.7 Å². The van der Waals surface area contributed by atoms with E-state index in [1.807, 2.05) is 0 Å². The number of hydrogen-bond donors (Lipinski definition) is 6. The van der Waals surface area contributed by atoms with Crippen LogP contribution in [0.4, 0.5) is 0 Å². The monoisotopic (exact) mass is 987 g/mol. The van der Waals surface area contributed by atoms with Crippen LogP contribution in [0.5, 0.6) is 0 Å². The first-order valence-corrected chi connectivity index (χ1v) is 28.8. The molecule has 6 unspecified atom stereocenters. The van der Waals surface area contributed by atoms with E-state index in [1.165, 1.54) is 128 Å². The highest BCUT2D eigenvalue weighted by atomic mass is 31.2. The predicted octanol–water partition coefficient (Wildman–Crippen LogP) is 12.1. The Morgan fingerprint density at radius 2 is 0.794 bits per heavy atom. The number of phosphoric ester groups is 1. The summed E-state index contributed by atoms with van der Waals surface area (Å²) in [4.78, 5) is 35.9. The quantitative estimate of drug-likeness (QED) is 0.0145. The first-order valence-electron chi connectivity index (χ1n) is 27.3. The molecule has 6 atom stereocenters. The molecule has 1 aliphatic rings. The van der Waals surface area contributed by atoms with Crippen molar-refractivity contribution in [1.29, 1.82) is 0 Å². The molecular weight excluding hydrogens is 888 g/mol. The Hall–Kier alpha value is -1.93. The van der Waals surface area contributed by atoms with Crippen molar-refractivity contribution in [2.24, 2.45) is 0 Å². The smallest absolute Gasteiger partial charge is 0.462 e. The van der Waals surface area contributed by atoms with Crippen LogP contribution in [0, 0.1) is 0 Å². The van der Waals surface area contributed by atoms with Crippen molar-refractivity contribution in [2.45, 2.75) is 281 Å². The molecule has 14 heteroatoms. The van der Waals surface area contributed by atoms with Gasteiger partial charge in [-0.3, -0.25) is 18.6 Å². The van der Waals surface area contributed by atoms with Crippen molar-refractivity contribution in [3.63, 3.8) is 0 Å². The van der Waals surface area contributed by atoms with Gasteiger partial charge in [0.05, 0.1) is 6.61 Å². The van der Waals surface area contributed by atoms with Gasteiger partial charge in [-0.2, -0.15) is 0 Å². The van der Waals surface area contributed by atoms with Crippen molar-refractivity contribution < 1.29 is 63.1 Å². The number of rotatable bonds is 46. The van der Waals surface area contributed by atoms with Crippen molar-refractivity contribution in [3.05, 3.63) is 36.5 Å². The second-order valence-corrected chi connectivity index (χ2v) is 20.5. The van der Waals surface area contributed by atoms with Gasteiger partial charge in [-0.1, -0.05) is 192 Å². The van der Waals surface area contributed by atoms with E-state index in [9.17, 15) is 44.6 Å². The minimum Gasteiger partial charge on any atom is -0.462 e. The minimum atomic E-state index is -5.13. The first kappa shape index (κ1) is 64.1. The summed E-state index contributed by atoms with van der Waals surface area (Å²) in [5.41, 5.74) is 0. The number of unbranched alkanes of at least 4 members (excludes halogenated alkanes) is 28. The van der Waals surface area contributed by atoms with E-state index in [0.717, 1.165) is 70.6 Å². The first-order chi connectivity index (χ1) is 32.9. The zero-order chi connectivity index (χ0) is 49.9. The van der Waals surface area contributed by atoms with Gasteiger partial charge in [0, 0.05) is 12.8 Å². The lowest BCUT2D eigenvalue weighted by Gasteiger charge is -2.41. The summed E-state index contributed by atoms with van der Waals surface area (Å²) in [6, 6.07) is 0. The standard InChI is InChI=1S/C54H99O13P/c1-3-5-7-9-11-13-15-17-19-21-23-24-25-27-29-31-33-35-37-39-41-43-48(56)66-46(45-65-68(62,63)67-54-52(60)50(58)49(57)51(59)53(54)61)44-64-47(55)42-40-38-36-34-32-30-28-26-22-20-18-16-14-12-10-8-6-4-2/h15,17,20-23,46,49-54,57-61H,3-14,16,18-19,24-45H2,1-2H3,(H,62,63)/b17-15-,22-20-,23-21-. The fourth-order valence-corrected chi connectivity index (χ4v) is 9.29. The van der Waals surface area contributed by atoms with Crippen LogP contribution in [0.1, 0.15) is 239 Å². The van der Waals surface area contributed by atoms with E-state index >= 15 is 0 Å². The average molecular weight is 987 g/mol. The van der Waals surface area contributed by atoms with Gasteiger partial charge in [-0.05, 0) is 70.6 Å². The number of hydrogen-bond acceptors (Lipinski definition) is 12.